The van der Waals surface area contributed by atoms with Gasteiger partial charge in [0.15, 0.2) is 0 Å². The van der Waals surface area contributed by atoms with Gasteiger partial charge in [0.2, 0.25) is 0 Å². The molecular weight excluding hydrogens is 432 g/mol. The summed E-state index contributed by atoms with van der Waals surface area (Å²) in [5.74, 6) is -0.0768. The first-order chi connectivity index (χ1) is 13.8. The van der Waals surface area contributed by atoms with Crippen LogP contribution in [-0.2, 0) is 4.74 Å². The van der Waals surface area contributed by atoms with Crippen molar-refractivity contribution in [1.82, 2.24) is 0 Å². The molecule has 2 aromatic carbocycles. The number of benzene rings is 2. The van der Waals surface area contributed by atoms with Crippen molar-refractivity contribution < 1.29 is 14.3 Å². The van der Waals surface area contributed by atoms with Gasteiger partial charge in [-0.2, -0.15) is 0 Å². The number of carbonyl (C=O) groups excluding carboxylic acids is 2. The Morgan fingerprint density at radius 3 is 2.34 bits per heavy atom. The van der Waals surface area contributed by atoms with Crippen LogP contribution in [0, 0.1) is 20.8 Å². The molecule has 1 aliphatic rings. The topological polar surface area (TPSA) is 49.9 Å². The Morgan fingerprint density at radius 1 is 1.07 bits per heavy atom. The fourth-order valence-corrected chi connectivity index (χ4v) is 4.09. The summed E-state index contributed by atoms with van der Waals surface area (Å²) in [4.78, 5) is 29.8. The zero-order chi connectivity index (χ0) is 21.3. The lowest BCUT2D eigenvalue weighted by Gasteiger charge is -2.42. The molecule has 0 bridgehead atoms. The van der Waals surface area contributed by atoms with Gasteiger partial charge in [0.05, 0.1) is 29.6 Å². The zero-order valence-electron chi connectivity index (χ0n) is 17.6. The third-order valence-corrected chi connectivity index (χ3v) is 6.12. The molecule has 0 saturated heterocycles. The van der Waals surface area contributed by atoms with Gasteiger partial charge in [0, 0.05) is 11.0 Å². The average Bonchev–Trinajstić information content (AvgIpc) is 2.69. The van der Waals surface area contributed by atoms with Crippen LogP contribution in [0.25, 0.3) is 0 Å². The molecule has 6 heteroatoms. The van der Waals surface area contributed by atoms with Crippen molar-refractivity contribution in [3.8, 4) is 0 Å². The van der Waals surface area contributed by atoms with Crippen LogP contribution in [0.3, 0.4) is 0 Å². The van der Waals surface area contributed by atoms with E-state index in [0.29, 0.717) is 25.1 Å². The fourth-order valence-electron chi connectivity index (χ4n) is 3.68. The monoisotopic (exact) mass is 458 g/mol. The number of aryl methyl sites for hydroxylation is 3. The summed E-state index contributed by atoms with van der Waals surface area (Å²) < 4.78 is 6.09. The molecule has 0 fully saturated rings. The first-order valence-corrected chi connectivity index (χ1v) is 10.7. The second-order valence-electron chi connectivity index (χ2n) is 7.46. The molecule has 0 saturated carbocycles. The largest absolute Gasteiger partial charge is 0.449 e. The standard InChI is InChI=1S/C23H27BrN2O3/c1-6-17-13-25(22(27)18-10-14(3)8-9-19(18)24)20-11-15(4)16(5)12-21(20)26(17)23(28)29-7-2/h8-12,17H,6-7,13H2,1-5H3. The SMILES string of the molecule is CCOC(=O)N1c2cc(C)c(C)cc2N(C(=O)c2cc(C)ccc2Br)CC1CC. The van der Waals surface area contributed by atoms with Crippen LogP contribution in [0.2, 0.25) is 0 Å². The van der Waals surface area contributed by atoms with E-state index >= 15 is 0 Å². The summed E-state index contributed by atoms with van der Waals surface area (Å²) in [6.07, 6.45) is 0.344. The highest BCUT2D eigenvalue weighted by Crippen LogP contribution is 2.40. The molecule has 0 radical (unpaired) electrons. The van der Waals surface area contributed by atoms with Crippen LogP contribution in [-0.4, -0.2) is 31.2 Å². The Kier molecular flexibility index (Phi) is 6.32. The number of ether oxygens (including phenoxy) is 1. The zero-order valence-corrected chi connectivity index (χ0v) is 19.2. The summed E-state index contributed by atoms with van der Waals surface area (Å²) in [5.41, 5.74) is 5.25. The quantitative estimate of drug-likeness (QED) is 0.585. The fraction of sp³-hybridized carbons (Fsp3) is 0.391. The third kappa shape index (κ3) is 4.04. The van der Waals surface area contributed by atoms with E-state index in [9.17, 15) is 9.59 Å². The average molecular weight is 459 g/mol. The highest BCUT2D eigenvalue weighted by Gasteiger charge is 2.38. The number of anilines is 2. The maximum atomic E-state index is 13.6. The number of hydrogen-bond acceptors (Lipinski definition) is 3. The van der Waals surface area contributed by atoms with E-state index in [1.165, 1.54) is 0 Å². The first-order valence-electron chi connectivity index (χ1n) is 9.93. The van der Waals surface area contributed by atoms with E-state index in [0.717, 1.165) is 32.5 Å². The number of fused-ring (bicyclic) bond motifs is 1. The molecule has 154 valence electrons. The van der Waals surface area contributed by atoms with Crippen molar-refractivity contribution in [3.63, 3.8) is 0 Å². The molecule has 29 heavy (non-hydrogen) atoms. The lowest BCUT2D eigenvalue weighted by molar-refractivity contribution is 0.0980. The van der Waals surface area contributed by atoms with Gasteiger partial charge < -0.3 is 9.64 Å². The van der Waals surface area contributed by atoms with Crippen LogP contribution in [0.1, 0.15) is 47.3 Å². The predicted molar refractivity (Wildman–Crippen MR) is 120 cm³/mol. The smallest absolute Gasteiger partial charge is 0.414 e. The maximum absolute atomic E-state index is 13.6. The van der Waals surface area contributed by atoms with Gasteiger partial charge in [-0.3, -0.25) is 9.69 Å². The van der Waals surface area contributed by atoms with Crippen molar-refractivity contribution >= 4 is 39.3 Å². The van der Waals surface area contributed by atoms with Crippen LogP contribution in [0.4, 0.5) is 16.2 Å². The summed E-state index contributed by atoms with van der Waals surface area (Å²) in [7, 11) is 0. The van der Waals surface area contributed by atoms with Crippen LogP contribution < -0.4 is 9.80 Å². The molecule has 0 aliphatic carbocycles. The molecule has 1 heterocycles. The Labute approximate surface area is 180 Å². The lowest BCUT2D eigenvalue weighted by atomic mass is 9.99. The number of nitrogens with zero attached hydrogens (tertiary/aromatic N) is 2. The molecule has 1 atom stereocenters. The maximum Gasteiger partial charge on any atom is 0.414 e. The molecule has 3 rings (SSSR count). The Balaban J connectivity index is 2.15. The van der Waals surface area contributed by atoms with E-state index in [1.807, 2.05) is 58.0 Å². The van der Waals surface area contributed by atoms with E-state index in [2.05, 4.69) is 15.9 Å². The van der Waals surface area contributed by atoms with Crippen molar-refractivity contribution in [2.45, 2.75) is 47.1 Å². The van der Waals surface area contributed by atoms with Gasteiger partial charge in [0.25, 0.3) is 5.91 Å². The first kappa shape index (κ1) is 21.4. The van der Waals surface area contributed by atoms with Crippen molar-refractivity contribution in [3.05, 3.63) is 57.1 Å². The van der Waals surface area contributed by atoms with E-state index < -0.39 is 0 Å². The molecule has 1 unspecified atom stereocenters. The lowest BCUT2D eigenvalue weighted by Crippen LogP contribution is -2.53. The van der Waals surface area contributed by atoms with Crippen molar-refractivity contribution in [2.75, 3.05) is 23.0 Å². The molecule has 0 N–H and O–H groups in total. The summed E-state index contributed by atoms with van der Waals surface area (Å²) >= 11 is 3.52. The minimum Gasteiger partial charge on any atom is -0.449 e. The van der Waals surface area contributed by atoms with E-state index in [-0.39, 0.29) is 18.0 Å². The molecule has 0 aromatic heterocycles. The summed E-state index contributed by atoms with van der Waals surface area (Å²) in [5, 5.41) is 0. The molecular formula is C23H27BrN2O3. The van der Waals surface area contributed by atoms with Crippen LogP contribution >= 0.6 is 15.9 Å². The number of hydrogen-bond donors (Lipinski definition) is 0. The van der Waals surface area contributed by atoms with Gasteiger partial charge in [-0.25, -0.2) is 4.79 Å². The summed E-state index contributed by atoms with van der Waals surface area (Å²) in [6, 6.07) is 9.58. The number of halogens is 1. The minimum atomic E-state index is -0.368. The van der Waals surface area contributed by atoms with Gasteiger partial charge >= 0.3 is 6.09 Å². The summed E-state index contributed by atoms with van der Waals surface area (Å²) in [6.45, 7) is 10.6. The van der Waals surface area contributed by atoms with Crippen molar-refractivity contribution in [1.29, 1.82) is 0 Å². The predicted octanol–water partition coefficient (Wildman–Crippen LogP) is 5.78. The molecule has 5 nitrogen and oxygen atoms in total. The Morgan fingerprint density at radius 2 is 1.72 bits per heavy atom. The highest BCUT2D eigenvalue weighted by atomic mass is 79.9. The van der Waals surface area contributed by atoms with E-state index in [4.69, 9.17) is 4.74 Å². The number of carbonyl (C=O) groups is 2. The molecule has 2 aromatic rings. The second-order valence-corrected chi connectivity index (χ2v) is 8.31. The van der Waals surface area contributed by atoms with Crippen LogP contribution in [0.5, 0.6) is 0 Å². The third-order valence-electron chi connectivity index (χ3n) is 5.43. The molecule has 2 amide bonds. The van der Waals surface area contributed by atoms with Gasteiger partial charge in [-0.1, -0.05) is 18.6 Å². The number of amides is 2. The normalized spacial score (nSPS) is 15.9. The Hall–Kier alpha value is -2.34. The Bertz CT molecular complexity index is 957. The van der Waals surface area contributed by atoms with E-state index in [1.54, 1.807) is 16.7 Å². The van der Waals surface area contributed by atoms with Gasteiger partial charge in [0.1, 0.15) is 0 Å². The van der Waals surface area contributed by atoms with Gasteiger partial charge in [-0.05, 0) is 85.4 Å². The second kappa shape index (κ2) is 8.57. The van der Waals surface area contributed by atoms with Gasteiger partial charge in [-0.15, -0.1) is 0 Å². The van der Waals surface area contributed by atoms with Crippen LogP contribution in [0.15, 0.2) is 34.8 Å². The molecule has 0 spiro atoms. The highest BCUT2D eigenvalue weighted by molar-refractivity contribution is 9.10. The molecule has 1 aliphatic heterocycles. The van der Waals surface area contributed by atoms with Crippen molar-refractivity contribution in [2.24, 2.45) is 0 Å². The minimum absolute atomic E-state index is 0.0768. The number of rotatable bonds is 3.